The van der Waals surface area contributed by atoms with Gasteiger partial charge in [0.25, 0.3) is 11.8 Å². The largest absolute Gasteiger partial charge is 0.504 e. The molecule has 0 spiro atoms. The Bertz CT molecular complexity index is 1750. The van der Waals surface area contributed by atoms with Gasteiger partial charge in [0.15, 0.2) is 0 Å². The van der Waals surface area contributed by atoms with Crippen LogP contribution in [0.25, 0.3) is 10.9 Å². The number of fused-ring (bicyclic) bond motifs is 6. The average molecular weight is 675 g/mol. The number of esters is 1. The quantitative estimate of drug-likeness (QED) is 0.145. The van der Waals surface area contributed by atoms with Gasteiger partial charge in [-0.15, -0.1) is 5.06 Å². The average Bonchev–Trinajstić information content (AvgIpc) is 3.61. The number of amides is 3. The summed E-state index contributed by atoms with van der Waals surface area (Å²) in [5, 5.41) is 4.10. The van der Waals surface area contributed by atoms with E-state index in [0.29, 0.717) is 41.3 Å². The van der Waals surface area contributed by atoms with Gasteiger partial charge in [-0.05, 0) is 67.1 Å². The minimum absolute atomic E-state index is 0.0414. The molecular weight excluding hydrogens is 632 g/mol. The lowest BCUT2D eigenvalue weighted by atomic mass is 9.63. The third-order valence-corrected chi connectivity index (χ3v) is 11.3. The number of imide groups is 1. The molecule has 2 aromatic rings. The monoisotopic (exact) mass is 674 g/mol. The number of aromatic nitrogens is 1. The van der Waals surface area contributed by atoms with E-state index >= 15 is 0 Å². The van der Waals surface area contributed by atoms with Crippen molar-refractivity contribution in [3.05, 3.63) is 53.4 Å². The molecule has 3 aliphatic heterocycles. The molecule has 1 aromatic heterocycles. The minimum Gasteiger partial charge on any atom is -0.504 e. The van der Waals surface area contributed by atoms with Gasteiger partial charge in [0, 0.05) is 24.2 Å². The van der Waals surface area contributed by atoms with Crippen LogP contribution in [0, 0.1) is 35.5 Å². The van der Waals surface area contributed by atoms with Crippen molar-refractivity contribution in [2.75, 3.05) is 41.0 Å². The van der Waals surface area contributed by atoms with Crippen molar-refractivity contribution in [2.45, 2.75) is 45.1 Å². The molecule has 4 heterocycles. The number of piperidine rings is 1. The molecule has 2 saturated heterocycles. The number of carbonyl (C=O) groups is 5. The molecule has 7 atom stereocenters. The van der Waals surface area contributed by atoms with Crippen LogP contribution in [0.3, 0.4) is 0 Å². The second kappa shape index (κ2) is 13.0. The molecule has 3 amide bonds. The Labute approximate surface area is 284 Å². The van der Waals surface area contributed by atoms with Crippen LogP contribution >= 0.6 is 0 Å². The smallest absolute Gasteiger partial charge is 0.352 e. The highest BCUT2D eigenvalue weighted by Gasteiger charge is 2.58. The van der Waals surface area contributed by atoms with Crippen LogP contribution in [-0.2, 0) is 39.9 Å². The van der Waals surface area contributed by atoms with Crippen LogP contribution in [0.4, 0.5) is 4.79 Å². The highest BCUT2D eigenvalue weighted by atomic mass is 16.7. The van der Waals surface area contributed by atoms with Gasteiger partial charge in [0.2, 0.25) is 0 Å². The summed E-state index contributed by atoms with van der Waals surface area (Å²) in [5.41, 5.74) is 2.79. The summed E-state index contributed by atoms with van der Waals surface area (Å²) in [5.74, 6) is -2.91. The van der Waals surface area contributed by atoms with Crippen molar-refractivity contribution in [3.8, 4) is 5.75 Å². The highest BCUT2D eigenvalue weighted by molar-refractivity contribution is 6.06. The first-order chi connectivity index (χ1) is 23.7. The zero-order chi connectivity index (χ0) is 34.6. The van der Waals surface area contributed by atoms with Gasteiger partial charge >= 0.3 is 18.0 Å². The van der Waals surface area contributed by atoms with E-state index in [-0.39, 0.29) is 29.7 Å². The van der Waals surface area contributed by atoms with Gasteiger partial charge < -0.3 is 24.4 Å². The van der Waals surface area contributed by atoms with Gasteiger partial charge in [-0.2, -0.15) is 0 Å². The zero-order valence-electron chi connectivity index (χ0n) is 28.2. The van der Waals surface area contributed by atoms with E-state index in [1.165, 1.54) is 20.5 Å². The Kier molecular flexibility index (Phi) is 8.72. The van der Waals surface area contributed by atoms with E-state index in [2.05, 4.69) is 17.1 Å². The number of methoxy groups -OCH3 is 3. The van der Waals surface area contributed by atoms with Crippen molar-refractivity contribution in [1.82, 2.24) is 19.8 Å². The van der Waals surface area contributed by atoms with Crippen LogP contribution in [-0.4, -0.2) is 85.3 Å². The maximum absolute atomic E-state index is 14.2. The van der Waals surface area contributed by atoms with Crippen molar-refractivity contribution in [1.29, 1.82) is 0 Å². The third kappa shape index (κ3) is 5.29. The predicted octanol–water partition coefficient (Wildman–Crippen LogP) is 3.51. The molecule has 7 unspecified atom stereocenters. The molecule has 8 rings (SSSR count). The molecule has 3 aliphatic carbocycles. The molecule has 49 heavy (non-hydrogen) atoms. The summed E-state index contributed by atoms with van der Waals surface area (Å²) in [7, 11) is 4.44. The van der Waals surface area contributed by atoms with Gasteiger partial charge in [0.05, 0.1) is 56.6 Å². The highest BCUT2D eigenvalue weighted by Crippen LogP contribution is 2.50. The predicted molar refractivity (Wildman–Crippen MR) is 175 cm³/mol. The molecule has 1 aromatic carbocycles. The fourth-order valence-electron chi connectivity index (χ4n) is 9.14. The van der Waals surface area contributed by atoms with Gasteiger partial charge in [-0.1, -0.05) is 31.6 Å². The minimum atomic E-state index is -0.922. The fraction of sp³-hybridized carbons (Fsp3) is 0.528. The van der Waals surface area contributed by atoms with Crippen molar-refractivity contribution in [3.63, 3.8) is 0 Å². The summed E-state index contributed by atoms with van der Waals surface area (Å²) in [6.07, 6.45) is 9.12. The van der Waals surface area contributed by atoms with Gasteiger partial charge in [-0.25, -0.2) is 14.4 Å². The van der Waals surface area contributed by atoms with Crippen LogP contribution in [0.2, 0.25) is 0 Å². The standard InChI is InChI=1S/C36H42N4O9/c1-5-19-17-38-14-13-22-31-25(7-6-8-27(31)47-3)39(32(22)26(38)15-23(19)24(18-46-2)35(44)48-4)36(45)37-16-28(41)49-40-33(42)29-20-9-10-21(12-11-20)30(29)34(40)43/h6-10,18-21,23,26,29-30H,5,11-17H2,1-4H3,(H,37,45)/b24-18+. The summed E-state index contributed by atoms with van der Waals surface area (Å²) >= 11 is 0. The molecule has 0 radical (unpaired) electrons. The van der Waals surface area contributed by atoms with Crippen LogP contribution in [0.15, 0.2) is 42.2 Å². The van der Waals surface area contributed by atoms with Crippen LogP contribution < -0.4 is 10.1 Å². The molecule has 2 bridgehead atoms. The Hall–Kier alpha value is -4.65. The van der Waals surface area contributed by atoms with E-state index in [0.717, 1.165) is 42.5 Å². The summed E-state index contributed by atoms with van der Waals surface area (Å²) in [4.78, 5) is 74.2. The summed E-state index contributed by atoms with van der Waals surface area (Å²) in [6, 6.07) is 4.68. The normalized spacial score (nSPS) is 28.9. The number of nitrogens with zero attached hydrogens (tertiary/aromatic N) is 3. The number of benzene rings is 1. The SMILES string of the molecule is CCC1CN2CCc3c(n(C(=O)NCC(=O)ON4C(=O)C5C6C=CC(CC6)C5C4=O)c4cccc(OC)c34)C2CC1/C(=C\OC)C(=O)OC. The first-order valence-electron chi connectivity index (χ1n) is 17.0. The summed E-state index contributed by atoms with van der Waals surface area (Å²) in [6.45, 7) is 2.99. The number of hydroxylamine groups is 2. The second-order valence-electron chi connectivity index (χ2n) is 13.6. The molecular formula is C36H42N4O9. The number of carbonyl (C=O) groups excluding carboxylic acids is 5. The lowest BCUT2D eigenvalue weighted by Crippen LogP contribution is -2.48. The van der Waals surface area contributed by atoms with E-state index in [1.807, 2.05) is 30.4 Å². The molecule has 1 N–H and O–H groups in total. The van der Waals surface area contributed by atoms with Crippen LogP contribution in [0.1, 0.15) is 49.9 Å². The van der Waals surface area contributed by atoms with Crippen molar-refractivity contribution >= 4 is 40.7 Å². The van der Waals surface area contributed by atoms with Crippen LogP contribution in [0.5, 0.6) is 5.75 Å². The molecule has 260 valence electrons. The number of hydrogen-bond acceptors (Lipinski definition) is 10. The first kappa shape index (κ1) is 32.9. The number of ether oxygens (including phenoxy) is 3. The first-order valence-corrected chi connectivity index (χ1v) is 17.0. The zero-order valence-corrected chi connectivity index (χ0v) is 28.2. The van der Waals surface area contributed by atoms with Gasteiger partial charge in [0.1, 0.15) is 12.3 Å². The van der Waals surface area contributed by atoms with E-state index < -0.39 is 48.2 Å². The van der Waals surface area contributed by atoms with Crippen molar-refractivity contribution in [2.24, 2.45) is 35.5 Å². The number of allylic oxidation sites excluding steroid dienone is 2. The topological polar surface area (TPSA) is 146 Å². The maximum atomic E-state index is 14.2. The number of hydrogen-bond donors (Lipinski definition) is 1. The Morgan fingerprint density at radius 3 is 2.35 bits per heavy atom. The molecule has 1 saturated carbocycles. The molecule has 6 aliphatic rings. The molecule has 13 nitrogen and oxygen atoms in total. The molecule has 13 heteroatoms. The number of nitrogens with one attached hydrogen (secondary N) is 1. The van der Waals surface area contributed by atoms with E-state index in [9.17, 15) is 24.0 Å². The fourth-order valence-corrected chi connectivity index (χ4v) is 9.14. The Morgan fingerprint density at radius 1 is 1.02 bits per heavy atom. The Balaban J connectivity index is 1.17. The maximum Gasteiger partial charge on any atom is 0.352 e. The lowest BCUT2D eigenvalue weighted by molar-refractivity contribution is -0.198. The van der Waals surface area contributed by atoms with E-state index in [1.54, 1.807) is 11.7 Å². The molecule has 3 fully saturated rings. The van der Waals surface area contributed by atoms with Gasteiger partial charge in [-0.3, -0.25) is 19.1 Å². The Morgan fingerprint density at radius 2 is 1.73 bits per heavy atom. The lowest BCUT2D eigenvalue weighted by Gasteiger charge is -2.46. The van der Waals surface area contributed by atoms with E-state index in [4.69, 9.17) is 19.0 Å². The summed E-state index contributed by atoms with van der Waals surface area (Å²) < 4.78 is 17.8. The second-order valence-corrected chi connectivity index (χ2v) is 13.6. The third-order valence-electron chi connectivity index (χ3n) is 11.3. The van der Waals surface area contributed by atoms with Crippen molar-refractivity contribution < 1.29 is 43.0 Å². The number of rotatable bonds is 8.